The predicted octanol–water partition coefficient (Wildman–Crippen LogP) is 6.98. The first-order valence-electron chi connectivity index (χ1n) is 14.6. The first kappa shape index (κ1) is 26.9. The van der Waals surface area contributed by atoms with Gasteiger partial charge in [0.15, 0.2) is 5.78 Å². The first-order chi connectivity index (χ1) is 16.9. The van der Waals surface area contributed by atoms with Crippen molar-refractivity contribution in [1.29, 1.82) is 0 Å². The fourth-order valence-corrected chi connectivity index (χ4v) is 10.8. The van der Waals surface area contributed by atoms with Crippen LogP contribution in [0.3, 0.4) is 0 Å². The molecule has 0 spiro atoms. The second-order valence-corrected chi connectivity index (χ2v) is 15.5. The van der Waals surface area contributed by atoms with Crippen LogP contribution in [-0.4, -0.2) is 28.9 Å². The van der Waals surface area contributed by atoms with Crippen molar-refractivity contribution in [1.82, 2.24) is 0 Å². The van der Waals surface area contributed by atoms with Crippen molar-refractivity contribution >= 4 is 17.7 Å². The first-order valence-corrected chi connectivity index (χ1v) is 14.6. The Balaban J connectivity index is 1.58. The highest BCUT2D eigenvalue weighted by Gasteiger charge is 2.70. The number of carbonyl (C=O) groups excluding carboxylic acids is 2. The number of ketones is 1. The lowest BCUT2D eigenvalue weighted by atomic mass is 9.33. The topological polar surface area (TPSA) is 80.7 Å². The van der Waals surface area contributed by atoms with Gasteiger partial charge in [-0.25, -0.2) is 0 Å². The second-order valence-electron chi connectivity index (χ2n) is 15.5. The van der Waals surface area contributed by atoms with E-state index in [1.165, 1.54) is 12.5 Å². The molecule has 5 aliphatic rings. The van der Waals surface area contributed by atoms with Crippen LogP contribution in [0, 0.1) is 50.2 Å². The monoisotopic (exact) mass is 512 g/mol. The highest BCUT2D eigenvalue weighted by Crippen LogP contribution is 2.75. The quantitative estimate of drug-likeness (QED) is 0.404. The number of ether oxygens (including phenoxy) is 1. The van der Waals surface area contributed by atoms with E-state index in [2.05, 4.69) is 41.5 Å². The van der Waals surface area contributed by atoms with E-state index in [4.69, 9.17) is 4.74 Å². The third-order valence-corrected chi connectivity index (χ3v) is 13.3. The maximum absolute atomic E-state index is 14.4. The molecule has 5 aliphatic carbocycles. The van der Waals surface area contributed by atoms with Crippen LogP contribution >= 0.6 is 0 Å². The Labute approximate surface area is 223 Å². The average molecular weight is 513 g/mol. The smallest absolute Gasteiger partial charge is 0.309 e. The van der Waals surface area contributed by atoms with E-state index < -0.39 is 11.4 Å². The molecule has 37 heavy (non-hydrogen) atoms. The van der Waals surface area contributed by atoms with Crippen LogP contribution in [0.2, 0.25) is 0 Å². The molecule has 0 amide bonds. The Morgan fingerprint density at radius 2 is 1.57 bits per heavy atom. The van der Waals surface area contributed by atoms with Crippen LogP contribution < -0.4 is 0 Å². The number of hydrogen-bond donors (Lipinski definition) is 1. The molecule has 9 atom stereocenters. The van der Waals surface area contributed by atoms with Gasteiger partial charge in [0.05, 0.1) is 5.41 Å². The van der Waals surface area contributed by atoms with Crippen LogP contribution in [0.5, 0.6) is 0 Å². The number of carboxylic acids is 1. The maximum atomic E-state index is 14.4. The molecule has 0 saturated heterocycles. The third kappa shape index (κ3) is 3.43. The molecule has 0 bridgehead atoms. The SMILES string of the molecule is CC(=O)OC1CC[C@@]2(C)C(CC[C@]3(C)C2C(=O)C=C2[C@H]4CC(C)(C(=O)O)CC[C@]4(C)CC[C@]23C)C1(C)C. The zero-order valence-corrected chi connectivity index (χ0v) is 24.3. The molecule has 0 aromatic carbocycles. The van der Waals surface area contributed by atoms with Gasteiger partial charge in [0.1, 0.15) is 6.10 Å². The molecule has 0 aromatic heterocycles. The summed E-state index contributed by atoms with van der Waals surface area (Å²) in [6.07, 6.45) is 10.0. The number of fused-ring (bicyclic) bond motifs is 7. The molecular formula is C32H48O5. The summed E-state index contributed by atoms with van der Waals surface area (Å²) < 4.78 is 5.82. The molecule has 4 fully saturated rings. The molecular weight excluding hydrogens is 464 g/mol. The number of carboxylic acid groups (broad SMARTS) is 1. The largest absolute Gasteiger partial charge is 0.481 e. The molecule has 206 valence electrons. The van der Waals surface area contributed by atoms with E-state index in [9.17, 15) is 19.5 Å². The number of aliphatic carboxylic acids is 1. The van der Waals surface area contributed by atoms with Crippen molar-refractivity contribution in [2.24, 2.45) is 50.2 Å². The van der Waals surface area contributed by atoms with Crippen molar-refractivity contribution in [2.75, 3.05) is 0 Å². The lowest BCUT2D eigenvalue weighted by Crippen LogP contribution is -2.66. The van der Waals surface area contributed by atoms with Gasteiger partial charge in [-0.1, -0.05) is 47.1 Å². The summed E-state index contributed by atoms with van der Waals surface area (Å²) in [5, 5.41) is 10.1. The molecule has 5 rings (SSSR count). The summed E-state index contributed by atoms with van der Waals surface area (Å²) >= 11 is 0. The molecule has 0 radical (unpaired) electrons. The molecule has 5 nitrogen and oxygen atoms in total. The fraction of sp³-hybridized carbons (Fsp3) is 0.844. The van der Waals surface area contributed by atoms with Crippen LogP contribution in [0.25, 0.3) is 0 Å². The number of carbonyl (C=O) groups is 3. The molecule has 0 heterocycles. The number of hydrogen-bond acceptors (Lipinski definition) is 4. The zero-order chi connectivity index (χ0) is 27.4. The Kier molecular flexibility index (Phi) is 5.78. The molecule has 4 unspecified atom stereocenters. The van der Waals surface area contributed by atoms with Crippen LogP contribution in [-0.2, 0) is 19.1 Å². The van der Waals surface area contributed by atoms with E-state index in [0.717, 1.165) is 44.9 Å². The van der Waals surface area contributed by atoms with Gasteiger partial charge in [0.2, 0.25) is 0 Å². The van der Waals surface area contributed by atoms with Gasteiger partial charge in [0.25, 0.3) is 0 Å². The number of rotatable bonds is 2. The molecule has 5 heteroatoms. The van der Waals surface area contributed by atoms with Gasteiger partial charge < -0.3 is 9.84 Å². The van der Waals surface area contributed by atoms with E-state index in [0.29, 0.717) is 18.8 Å². The van der Waals surface area contributed by atoms with Crippen molar-refractivity contribution in [3.05, 3.63) is 11.6 Å². The lowest BCUT2D eigenvalue weighted by Gasteiger charge is -2.70. The van der Waals surface area contributed by atoms with E-state index >= 15 is 0 Å². The Morgan fingerprint density at radius 3 is 2.19 bits per heavy atom. The zero-order valence-electron chi connectivity index (χ0n) is 24.3. The summed E-state index contributed by atoms with van der Waals surface area (Å²) in [5.74, 6) is -0.280. The summed E-state index contributed by atoms with van der Waals surface area (Å²) in [7, 11) is 0. The van der Waals surface area contributed by atoms with E-state index in [-0.39, 0.29) is 56.8 Å². The molecule has 0 aliphatic heterocycles. The van der Waals surface area contributed by atoms with Gasteiger partial charge in [-0.05, 0) is 104 Å². The molecule has 0 aromatic rings. The minimum absolute atomic E-state index is 0.0644. The summed E-state index contributed by atoms with van der Waals surface area (Å²) in [6, 6.07) is 0. The van der Waals surface area contributed by atoms with E-state index in [1.807, 2.05) is 13.0 Å². The van der Waals surface area contributed by atoms with Crippen molar-refractivity contribution < 1.29 is 24.2 Å². The van der Waals surface area contributed by atoms with Crippen LogP contribution in [0.4, 0.5) is 0 Å². The summed E-state index contributed by atoms with van der Waals surface area (Å²) in [6.45, 7) is 17.4. The maximum Gasteiger partial charge on any atom is 0.309 e. The molecule has 4 saturated carbocycles. The highest BCUT2D eigenvalue weighted by molar-refractivity contribution is 5.95. The predicted molar refractivity (Wildman–Crippen MR) is 143 cm³/mol. The van der Waals surface area contributed by atoms with Gasteiger partial charge >= 0.3 is 11.9 Å². The number of allylic oxidation sites excluding steroid dienone is 2. The Morgan fingerprint density at radius 1 is 0.919 bits per heavy atom. The van der Waals surface area contributed by atoms with Crippen molar-refractivity contribution in [2.45, 2.75) is 119 Å². The fourth-order valence-electron chi connectivity index (χ4n) is 10.8. The van der Waals surface area contributed by atoms with Crippen LogP contribution in [0.1, 0.15) is 113 Å². The van der Waals surface area contributed by atoms with Gasteiger partial charge in [-0.2, -0.15) is 0 Å². The normalized spacial score (nSPS) is 50.5. The minimum Gasteiger partial charge on any atom is -0.481 e. The van der Waals surface area contributed by atoms with E-state index in [1.54, 1.807) is 0 Å². The lowest BCUT2D eigenvalue weighted by molar-refractivity contribution is -0.210. The minimum atomic E-state index is -0.729. The summed E-state index contributed by atoms with van der Waals surface area (Å²) in [5.41, 5.74) is -0.0327. The van der Waals surface area contributed by atoms with Crippen LogP contribution in [0.15, 0.2) is 11.6 Å². The van der Waals surface area contributed by atoms with Gasteiger partial charge in [-0.3, -0.25) is 14.4 Å². The number of esters is 1. The third-order valence-electron chi connectivity index (χ3n) is 13.3. The second kappa shape index (κ2) is 7.94. The standard InChI is InChI=1S/C32H48O5/c1-19(33)37-24-10-11-30(6)23(27(24,2)3)9-12-32(8)25(30)22(34)17-20-21-18-29(5,26(35)36)14-13-28(21,4)15-16-31(20,32)7/h17,21,23-25H,9-16,18H2,1-8H3,(H,35,36)/t21-,23?,24?,25?,28-,29?,30+,31-,32-/m1/s1. The Hall–Kier alpha value is -1.65. The molecule has 1 N–H and O–H groups in total. The Bertz CT molecular complexity index is 1070. The highest BCUT2D eigenvalue weighted by atomic mass is 16.5. The van der Waals surface area contributed by atoms with Crippen molar-refractivity contribution in [3.63, 3.8) is 0 Å². The van der Waals surface area contributed by atoms with Gasteiger partial charge in [-0.15, -0.1) is 0 Å². The van der Waals surface area contributed by atoms with Gasteiger partial charge in [0, 0.05) is 18.3 Å². The van der Waals surface area contributed by atoms with Crippen molar-refractivity contribution in [3.8, 4) is 0 Å². The summed E-state index contributed by atoms with van der Waals surface area (Å²) in [4.78, 5) is 38.5. The average Bonchev–Trinajstić information content (AvgIpc) is 2.78.